The van der Waals surface area contributed by atoms with Crippen LogP contribution in [0.15, 0.2) is 67.0 Å². The van der Waals surface area contributed by atoms with Crippen molar-refractivity contribution in [2.75, 3.05) is 7.05 Å². The van der Waals surface area contributed by atoms with Gasteiger partial charge in [0.1, 0.15) is 12.2 Å². The molecule has 0 aliphatic carbocycles. The first-order chi connectivity index (χ1) is 10.3. The second-order valence-electron chi connectivity index (χ2n) is 5.07. The van der Waals surface area contributed by atoms with Crippen molar-refractivity contribution in [3.63, 3.8) is 0 Å². The third-order valence-electron chi connectivity index (χ3n) is 3.54. The summed E-state index contributed by atoms with van der Waals surface area (Å²) in [6, 6.07) is 21.2. The van der Waals surface area contributed by atoms with Crippen molar-refractivity contribution in [1.82, 2.24) is 20.1 Å². The summed E-state index contributed by atoms with van der Waals surface area (Å²) in [4.78, 5) is 6.49. The van der Waals surface area contributed by atoms with Crippen molar-refractivity contribution in [1.29, 1.82) is 0 Å². The molecule has 3 rings (SSSR count). The number of benzene rings is 2. The van der Waals surface area contributed by atoms with Crippen LogP contribution in [0.4, 0.5) is 0 Å². The highest BCUT2D eigenvalue weighted by molar-refractivity contribution is 5.31. The van der Waals surface area contributed by atoms with E-state index < -0.39 is 0 Å². The molecule has 1 N–H and O–H groups in total. The summed E-state index contributed by atoms with van der Waals surface area (Å²) in [7, 11) is 2.10. The van der Waals surface area contributed by atoms with Crippen LogP contribution < -0.4 is 0 Å². The van der Waals surface area contributed by atoms with Gasteiger partial charge in [-0.05, 0) is 18.2 Å². The number of nitrogens with zero attached hydrogens (tertiary/aromatic N) is 3. The van der Waals surface area contributed by atoms with Crippen molar-refractivity contribution < 1.29 is 0 Å². The van der Waals surface area contributed by atoms with Crippen LogP contribution in [0.1, 0.15) is 23.0 Å². The minimum Gasteiger partial charge on any atom is -0.288 e. The number of aromatic nitrogens is 3. The molecule has 1 aromatic heterocycles. The summed E-state index contributed by atoms with van der Waals surface area (Å²) in [5.41, 5.74) is 2.54. The predicted molar refractivity (Wildman–Crippen MR) is 82.6 cm³/mol. The molecule has 0 radical (unpaired) electrons. The van der Waals surface area contributed by atoms with Crippen LogP contribution in [0.2, 0.25) is 0 Å². The van der Waals surface area contributed by atoms with Gasteiger partial charge in [0.15, 0.2) is 0 Å². The smallest absolute Gasteiger partial charge is 0.138 e. The van der Waals surface area contributed by atoms with E-state index in [9.17, 15) is 0 Å². The van der Waals surface area contributed by atoms with E-state index in [0.717, 1.165) is 5.82 Å². The lowest BCUT2D eigenvalue weighted by molar-refractivity contribution is 0.264. The van der Waals surface area contributed by atoms with E-state index in [2.05, 4.69) is 75.7 Å². The highest BCUT2D eigenvalue weighted by atomic mass is 15.2. The fourth-order valence-corrected chi connectivity index (χ4v) is 2.61. The third-order valence-corrected chi connectivity index (χ3v) is 3.54. The fraction of sp³-hybridized carbons (Fsp3) is 0.176. The molecule has 4 nitrogen and oxygen atoms in total. The lowest BCUT2D eigenvalue weighted by Crippen LogP contribution is -2.25. The molecule has 21 heavy (non-hydrogen) atoms. The molecule has 0 bridgehead atoms. The van der Waals surface area contributed by atoms with E-state index in [1.807, 2.05) is 12.1 Å². The lowest BCUT2D eigenvalue weighted by atomic mass is 9.97. The molecule has 1 heterocycles. The first kappa shape index (κ1) is 13.5. The zero-order chi connectivity index (χ0) is 14.5. The van der Waals surface area contributed by atoms with Gasteiger partial charge in [-0.3, -0.25) is 10.00 Å². The Hall–Kier alpha value is -2.46. The van der Waals surface area contributed by atoms with Crippen LogP contribution in [0.3, 0.4) is 0 Å². The lowest BCUT2D eigenvalue weighted by Gasteiger charge is -2.28. The van der Waals surface area contributed by atoms with E-state index in [-0.39, 0.29) is 6.04 Å². The average molecular weight is 278 g/mol. The summed E-state index contributed by atoms with van der Waals surface area (Å²) >= 11 is 0. The summed E-state index contributed by atoms with van der Waals surface area (Å²) in [6.07, 6.45) is 1.54. The molecule has 0 saturated carbocycles. The molecule has 2 aromatic carbocycles. The van der Waals surface area contributed by atoms with Gasteiger partial charge in [-0.15, -0.1) is 0 Å². The minimum absolute atomic E-state index is 0.192. The Labute approximate surface area is 124 Å². The molecular weight excluding hydrogens is 260 g/mol. The maximum absolute atomic E-state index is 4.22. The average Bonchev–Trinajstić information content (AvgIpc) is 3.02. The molecule has 0 aliphatic rings. The van der Waals surface area contributed by atoms with Crippen LogP contribution in [0.5, 0.6) is 0 Å². The Kier molecular flexibility index (Phi) is 4.07. The summed E-state index contributed by atoms with van der Waals surface area (Å²) in [5, 5.41) is 6.84. The first-order valence-corrected chi connectivity index (χ1v) is 6.99. The maximum atomic E-state index is 4.22. The van der Waals surface area contributed by atoms with Crippen LogP contribution in [-0.2, 0) is 6.54 Å². The second kappa shape index (κ2) is 6.33. The van der Waals surface area contributed by atoms with Crippen molar-refractivity contribution in [3.8, 4) is 0 Å². The highest BCUT2D eigenvalue weighted by Crippen LogP contribution is 2.28. The Bertz CT molecular complexity index is 610. The molecule has 0 unspecified atom stereocenters. The quantitative estimate of drug-likeness (QED) is 0.780. The van der Waals surface area contributed by atoms with Gasteiger partial charge in [0.2, 0.25) is 0 Å². The maximum Gasteiger partial charge on any atom is 0.138 e. The van der Waals surface area contributed by atoms with Crippen molar-refractivity contribution in [2.24, 2.45) is 0 Å². The molecule has 106 valence electrons. The van der Waals surface area contributed by atoms with E-state index in [0.29, 0.717) is 6.54 Å². The molecular formula is C17H18N4. The van der Waals surface area contributed by atoms with Gasteiger partial charge in [0.25, 0.3) is 0 Å². The molecule has 0 atom stereocenters. The zero-order valence-corrected chi connectivity index (χ0v) is 12.0. The van der Waals surface area contributed by atoms with Gasteiger partial charge in [-0.1, -0.05) is 60.7 Å². The van der Waals surface area contributed by atoms with Crippen LogP contribution >= 0.6 is 0 Å². The number of rotatable bonds is 5. The van der Waals surface area contributed by atoms with Gasteiger partial charge in [-0.25, -0.2) is 4.98 Å². The summed E-state index contributed by atoms with van der Waals surface area (Å²) < 4.78 is 0. The normalized spacial score (nSPS) is 11.2. The number of H-pyrrole nitrogens is 1. The largest absolute Gasteiger partial charge is 0.288 e. The molecule has 0 saturated heterocycles. The van der Waals surface area contributed by atoms with Crippen LogP contribution in [-0.4, -0.2) is 27.1 Å². The monoisotopic (exact) mass is 278 g/mol. The molecule has 0 spiro atoms. The molecule has 0 fully saturated rings. The minimum atomic E-state index is 0.192. The van der Waals surface area contributed by atoms with Gasteiger partial charge in [0.05, 0.1) is 12.6 Å². The number of hydrogen-bond acceptors (Lipinski definition) is 3. The zero-order valence-electron chi connectivity index (χ0n) is 12.0. The number of nitrogens with one attached hydrogen (secondary N) is 1. The first-order valence-electron chi connectivity index (χ1n) is 6.99. The van der Waals surface area contributed by atoms with E-state index in [1.54, 1.807) is 6.33 Å². The molecule has 0 aliphatic heterocycles. The van der Waals surface area contributed by atoms with Crippen molar-refractivity contribution in [2.45, 2.75) is 12.6 Å². The number of aromatic amines is 1. The second-order valence-corrected chi connectivity index (χ2v) is 5.07. The Morgan fingerprint density at radius 1 is 0.952 bits per heavy atom. The van der Waals surface area contributed by atoms with Crippen molar-refractivity contribution >= 4 is 0 Å². The summed E-state index contributed by atoms with van der Waals surface area (Å²) in [5.74, 6) is 0.870. The topological polar surface area (TPSA) is 44.8 Å². The standard InChI is InChI=1S/C17H18N4/c1-21(12-16-18-13-19-20-16)17(14-8-4-2-5-9-14)15-10-6-3-7-11-15/h2-11,13,17H,12H2,1H3,(H,18,19,20). The Morgan fingerprint density at radius 3 is 2.00 bits per heavy atom. The van der Waals surface area contributed by atoms with Gasteiger partial charge in [0, 0.05) is 0 Å². The third kappa shape index (κ3) is 3.17. The van der Waals surface area contributed by atoms with Crippen molar-refractivity contribution in [3.05, 3.63) is 83.9 Å². The molecule has 0 amide bonds. The Morgan fingerprint density at radius 2 is 1.52 bits per heavy atom. The van der Waals surface area contributed by atoms with E-state index in [1.165, 1.54) is 11.1 Å². The number of hydrogen-bond donors (Lipinski definition) is 1. The molecule has 3 aromatic rings. The SMILES string of the molecule is CN(Cc1ncn[nH]1)C(c1ccccc1)c1ccccc1. The fourth-order valence-electron chi connectivity index (χ4n) is 2.61. The van der Waals surface area contributed by atoms with Gasteiger partial charge >= 0.3 is 0 Å². The van der Waals surface area contributed by atoms with E-state index in [4.69, 9.17) is 0 Å². The van der Waals surface area contributed by atoms with Gasteiger partial charge in [-0.2, -0.15) is 5.10 Å². The Balaban J connectivity index is 1.92. The molecule has 4 heteroatoms. The van der Waals surface area contributed by atoms with Gasteiger partial charge < -0.3 is 0 Å². The van der Waals surface area contributed by atoms with Crippen LogP contribution in [0.25, 0.3) is 0 Å². The van der Waals surface area contributed by atoms with Crippen LogP contribution in [0, 0.1) is 0 Å². The van der Waals surface area contributed by atoms with E-state index >= 15 is 0 Å². The summed E-state index contributed by atoms with van der Waals surface area (Å²) in [6.45, 7) is 0.717. The predicted octanol–water partition coefficient (Wildman–Crippen LogP) is 3.03. The highest BCUT2D eigenvalue weighted by Gasteiger charge is 2.19.